The van der Waals surface area contributed by atoms with Crippen LogP contribution >= 0.6 is 0 Å². The van der Waals surface area contributed by atoms with Gasteiger partial charge in [0.2, 0.25) is 15.9 Å². The number of aryl methyl sites for hydroxylation is 1. The third kappa shape index (κ3) is 3.06. The van der Waals surface area contributed by atoms with Crippen molar-refractivity contribution < 1.29 is 13.2 Å². The fourth-order valence-electron chi connectivity index (χ4n) is 4.21. The van der Waals surface area contributed by atoms with Crippen LogP contribution in [-0.2, 0) is 34.3 Å². The summed E-state index contributed by atoms with van der Waals surface area (Å²) >= 11 is 0. The summed E-state index contributed by atoms with van der Waals surface area (Å²) in [6.45, 7) is 3.90. The van der Waals surface area contributed by atoms with Crippen LogP contribution in [0.25, 0.3) is 0 Å². The van der Waals surface area contributed by atoms with Gasteiger partial charge in [0.15, 0.2) is 0 Å². The molecule has 0 saturated heterocycles. The molecule has 1 atom stereocenters. The zero-order valence-corrected chi connectivity index (χ0v) is 16.4. The van der Waals surface area contributed by atoms with E-state index in [9.17, 15) is 13.2 Å². The number of rotatable bonds is 3. The molecule has 0 fully saturated rings. The first-order valence-corrected chi connectivity index (χ1v) is 10.8. The van der Waals surface area contributed by atoms with Crippen molar-refractivity contribution in [2.24, 2.45) is 0 Å². The first-order valence-electron chi connectivity index (χ1n) is 9.27. The van der Waals surface area contributed by atoms with Gasteiger partial charge in [0.05, 0.1) is 10.8 Å². The third-order valence-corrected chi connectivity index (χ3v) is 7.16. The van der Waals surface area contributed by atoms with E-state index in [-0.39, 0.29) is 11.8 Å². The Balaban J connectivity index is 1.61. The third-order valence-electron chi connectivity index (χ3n) is 5.66. The number of hydrogen-bond donors (Lipinski definition) is 1. The lowest BCUT2D eigenvalue weighted by molar-refractivity contribution is -0.134. The molecule has 1 N–H and O–H groups in total. The molecule has 1 unspecified atom stereocenters. The van der Waals surface area contributed by atoms with Crippen LogP contribution in [0.15, 0.2) is 29.3 Å². The number of nitrogens with one attached hydrogen (secondary N) is 1. The Hall–Kier alpha value is -2.19. The van der Waals surface area contributed by atoms with Crippen LogP contribution in [0.3, 0.4) is 0 Å². The number of fused-ring (bicyclic) bond motifs is 2. The van der Waals surface area contributed by atoms with Crippen LogP contribution in [0.2, 0.25) is 0 Å². The molecule has 3 heterocycles. The second kappa shape index (κ2) is 6.76. The monoisotopic (exact) mass is 388 g/mol. The van der Waals surface area contributed by atoms with Gasteiger partial charge in [0, 0.05) is 31.5 Å². The average molecular weight is 388 g/mol. The van der Waals surface area contributed by atoms with E-state index in [1.54, 1.807) is 12.1 Å². The van der Waals surface area contributed by atoms with Gasteiger partial charge in [0.1, 0.15) is 5.82 Å². The first-order chi connectivity index (χ1) is 12.9. The van der Waals surface area contributed by atoms with Gasteiger partial charge in [-0.15, -0.1) is 0 Å². The zero-order valence-electron chi connectivity index (χ0n) is 15.6. The molecule has 0 saturated carbocycles. The van der Waals surface area contributed by atoms with Crippen LogP contribution in [-0.4, -0.2) is 42.4 Å². The van der Waals surface area contributed by atoms with Gasteiger partial charge >= 0.3 is 0 Å². The lowest BCUT2D eigenvalue weighted by Gasteiger charge is -2.34. The molecule has 1 amide bonds. The summed E-state index contributed by atoms with van der Waals surface area (Å²) in [6, 6.07) is 5.28. The molecule has 2 aliphatic heterocycles. The SMILES string of the molecule is CNS(=O)(=O)c1cccc2c1CCN(C(=O)C1CCCn3c(C)cnc31)C2. The van der Waals surface area contributed by atoms with E-state index >= 15 is 0 Å². The maximum absolute atomic E-state index is 13.2. The van der Waals surface area contributed by atoms with E-state index in [2.05, 4.69) is 14.3 Å². The van der Waals surface area contributed by atoms with Crippen molar-refractivity contribution in [3.8, 4) is 0 Å². The maximum atomic E-state index is 13.2. The number of hydrogen-bond acceptors (Lipinski definition) is 4. The van der Waals surface area contributed by atoms with Crippen molar-refractivity contribution in [2.75, 3.05) is 13.6 Å². The molecule has 0 spiro atoms. The van der Waals surface area contributed by atoms with E-state index in [0.29, 0.717) is 24.4 Å². The summed E-state index contributed by atoms with van der Waals surface area (Å²) in [5.74, 6) is 0.744. The Kier molecular flexibility index (Phi) is 4.55. The highest BCUT2D eigenvalue weighted by Crippen LogP contribution is 2.32. The van der Waals surface area contributed by atoms with Gasteiger partial charge < -0.3 is 9.47 Å². The quantitative estimate of drug-likeness (QED) is 0.865. The van der Waals surface area contributed by atoms with Crippen molar-refractivity contribution in [3.05, 3.63) is 47.0 Å². The lowest BCUT2D eigenvalue weighted by Crippen LogP contribution is -2.41. The normalized spacial score (nSPS) is 19.5. The number of aromatic nitrogens is 2. The molecule has 144 valence electrons. The second-order valence-corrected chi connectivity index (χ2v) is 9.07. The van der Waals surface area contributed by atoms with Gasteiger partial charge in [-0.05, 0) is 50.4 Å². The molecule has 1 aromatic carbocycles. The number of benzene rings is 1. The van der Waals surface area contributed by atoms with Crippen LogP contribution < -0.4 is 4.72 Å². The van der Waals surface area contributed by atoms with Crippen molar-refractivity contribution >= 4 is 15.9 Å². The second-order valence-electron chi connectivity index (χ2n) is 7.22. The Labute approximate surface area is 159 Å². The summed E-state index contributed by atoms with van der Waals surface area (Å²) in [7, 11) is -2.08. The van der Waals surface area contributed by atoms with Crippen LogP contribution in [0.4, 0.5) is 0 Å². The van der Waals surface area contributed by atoms with E-state index in [0.717, 1.165) is 42.0 Å². The minimum Gasteiger partial charge on any atom is -0.337 e. The van der Waals surface area contributed by atoms with Gasteiger partial charge in [-0.1, -0.05) is 12.1 Å². The first kappa shape index (κ1) is 18.2. The Bertz CT molecular complexity index is 996. The van der Waals surface area contributed by atoms with Gasteiger partial charge in [-0.25, -0.2) is 18.1 Å². The highest BCUT2D eigenvalue weighted by atomic mass is 32.2. The molecule has 0 radical (unpaired) electrons. The van der Waals surface area contributed by atoms with Crippen LogP contribution in [0.1, 0.15) is 41.4 Å². The van der Waals surface area contributed by atoms with E-state index in [4.69, 9.17) is 0 Å². The van der Waals surface area contributed by atoms with Crippen molar-refractivity contribution in [3.63, 3.8) is 0 Å². The summed E-state index contributed by atoms with van der Waals surface area (Å²) in [6.07, 6.45) is 4.15. The van der Waals surface area contributed by atoms with Crippen molar-refractivity contribution in [1.29, 1.82) is 0 Å². The standard InChI is InChI=1S/C19H24N4O3S/c1-13-11-21-18-16(6-4-9-23(13)18)19(24)22-10-8-15-14(12-22)5-3-7-17(15)27(25,26)20-2/h3,5,7,11,16,20H,4,6,8-10,12H2,1-2H3. The molecule has 0 aliphatic carbocycles. The fraction of sp³-hybridized carbons (Fsp3) is 0.474. The zero-order chi connectivity index (χ0) is 19.2. The summed E-state index contributed by atoms with van der Waals surface area (Å²) < 4.78 is 29.1. The predicted molar refractivity (Wildman–Crippen MR) is 101 cm³/mol. The summed E-state index contributed by atoms with van der Waals surface area (Å²) in [4.78, 5) is 19.9. The fourth-order valence-corrected chi connectivity index (χ4v) is 5.24. The maximum Gasteiger partial charge on any atom is 0.240 e. The molecule has 8 heteroatoms. The van der Waals surface area contributed by atoms with Crippen LogP contribution in [0, 0.1) is 6.92 Å². The number of nitrogens with zero attached hydrogens (tertiary/aromatic N) is 3. The van der Waals surface area contributed by atoms with Gasteiger partial charge in [0.25, 0.3) is 0 Å². The molecule has 7 nitrogen and oxygen atoms in total. The average Bonchev–Trinajstić information content (AvgIpc) is 3.07. The van der Waals surface area contributed by atoms with E-state index < -0.39 is 10.0 Å². The van der Waals surface area contributed by atoms with Crippen molar-refractivity contribution in [2.45, 2.75) is 50.1 Å². The molecular weight excluding hydrogens is 364 g/mol. The predicted octanol–water partition coefficient (Wildman–Crippen LogP) is 1.56. The highest BCUT2D eigenvalue weighted by Gasteiger charge is 2.34. The van der Waals surface area contributed by atoms with Gasteiger partial charge in [-0.3, -0.25) is 4.79 Å². The highest BCUT2D eigenvalue weighted by molar-refractivity contribution is 7.89. The Morgan fingerprint density at radius 1 is 1.30 bits per heavy atom. The van der Waals surface area contributed by atoms with E-state index in [1.807, 2.05) is 24.1 Å². The number of imidazole rings is 1. The van der Waals surface area contributed by atoms with Gasteiger partial charge in [-0.2, -0.15) is 0 Å². The van der Waals surface area contributed by atoms with Crippen molar-refractivity contribution in [1.82, 2.24) is 19.2 Å². The number of sulfonamides is 1. The largest absolute Gasteiger partial charge is 0.337 e. The number of amides is 1. The molecule has 27 heavy (non-hydrogen) atoms. The Morgan fingerprint density at radius 2 is 2.11 bits per heavy atom. The molecule has 2 aliphatic rings. The minimum atomic E-state index is -3.50. The number of carbonyl (C=O) groups is 1. The smallest absolute Gasteiger partial charge is 0.240 e. The molecular formula is C19H24N4O3S. The molecule has 0 bridgehead atoms. The summed E-state index contributed by atoms with van der Waals surface area (Å²) in [5.41, 5.74) is 2.81. The minimum absolute atomic E-state index is 0.0917. The summed E-state index contributed by atoms with van der Waals surface area (Å²) in [5, 5.41) is 0. The lowest BCUT2D eigenvalue weighted by atomic mass is 9.94. The van der Waals surface area contributed by atoms with Crippen LogP contribution in [0.5, 0.6) is 0 Å². The molecule has 2 aromatic rings. The Morgan fingerprint density at radius 3 is 2.89 bits per heavy atom. The molecule has 4 rings (SSSR count). The topological polar surface area (TPSA) is 84.3 Å². The van der Waals surface area contributed by atoms with E-state index in [1.165, 1.54) is 7.05 Å². The number of carbonyl (C=O) groups excluding carboxylic acids is 1. The molecule has 1 aromatic heterocycles.